The third-order valence-corrected chi connectivity index (χ3v) is 2.32. The maximum atomic E-state index is 9.08. The van der Waals surface area contributed by atoms with E-state index in [2.05, 4.69) is 6.07 Å². The van der Waals surface area contributed by atoms with Crippen LogP contribution in [0, 0.1) is 11.3 Å². The summed E-state index contributed by atoms with van der Waals surface area (Å²) in [6.45, 7) is 3.88. The molecular formula is C13H18N2O2. The molecule has 0 fully saturated rings. The van der Waals surface area contributed by atoms with E-state index in [-0.39, 0.29) is 5.54 Å². The Kier molecular flexibility index (Phi) is 3.97. The quantitative estimate of drug-likeness (QED) is 0.863. The van der Waals surface area contributed by atoms with Crippen LogP contribution in [0.1, 0.15) is 25.0 Å². The smallest absolute Gasteiger partial charge is 0.178 e. The third kappa shape index (κ3) is 3.36. The minimum Gasteiger partial charge on any atom is -0.493 e. The highest BCUT2D eigenvalue weighted by Gasteiger charge is 2.17. The normalized spacial score (nSPS) is 10.8. The van der Waals surface area contributed by atoms with Gasteiger partial charge in [-0.1, -0.05) is 0 Å². The molecule has 92 valence electrons. The van der Waals surface area contributed by atoms with Gasteiger partial charge < -0.3 is 15.2 Å². The standard InChI is InChI=1S/C13H18N2O2/c1-13(2,15)7-9-5-10(8-14)12(17-4)11(6-9)16-3/h5-6H,7,15H2,1-4H3. The SMILES string of the molecule is COc1cc(CC(C)(C)N)cc(C#N)c1OC. The van der Waals surface area contributed by atoms with Crippen molar-refractivity contribution in [2.45, 2.75) is 25.8 Å². The summed E-state index contributed by atoms with van der Waals surface area (Å²) in [5.41, 5.74) is 7.07. The lowest BCUT2D eigenvalue weighted by atomic mass is 9.95. The van der Waals surface area contributed by atoms with Crippen LogP contribution in [-0.4, -0.2) is 19.8 Å². The average molecular weight is 234 g/mol. The maximum Gasteiger partial charge on any atom is 0.178 e. The molecule has 1 rings (SSSR count). The summed E-state index contributed by atoms with van der Waals surface area (Å²) in [6.07, 6.45) is 0.669. The number of ether oxygens (including phenoxy) is 2. The summed E-state index contributed by atoms with van der Waals surface area (Å²) < 4.78 is 10.4. The molecule has 0 saturated carbocycles. The predicted molar refractivity (Wildman–Crippen MR) is 66.2 cm³/mol. The van der Waals surface area contributed by atoms with E-state index in [1.165, 1.54) is 7.11 Å². The molecule has 0 heterocycles. The zero-order valence-electron chi connectivity index (χ0n) is 10.7. The molecule has 0 spiro atoms. The van der Waals surface area contributed by atoms with Crippen molar-refractivity contribution in [2.75, 3.05) is 14.2 Å². The number of hydrogen-bond donors (Lipinski definition) is 1. The van der Waals surface area contributed by atoms with Crippen LogP contribution < -0.4 is 15.2 Å². The molecule has 0 unspecified atom stereocenters. The zero-order chi connectivity index (χ0) is 13.1. The van der Waals surface area contributed by atoms with E-state index in [1.807, 2.05) is 19.9 Å². The van der Waals surface area contributed by atoms with Crippen molar-refractivity contribution >= 4 is 0 Å². The zero-order valence-corrected chi connectivity index (χ0v) is 10.7. The molecule has 0 bridgehead atoms. The Morgan fingerprint density at radius 3 is 2.35 bits per heavy atom. The van der Waals surface area contributed by atoms with Crippen LogP contribution in [0.15, 0.2) is 12.1 Å². The first-order valence-corrected chi connectivity index (χ1v) is 5.35. The van der Waals surface area contributed by atoms with Gasteiger partial charge in [0.1, 0.15) is 6.07 Å². The predicted octanol–water partition coefficient (Wildman–Crippen LogP) is 1.86. The summed E-state index contributed by atoms with van der Waals surface area (Å²) >= 11 is 0. The molecule has 4 heteroatoms. The van der Waals surface area contributed by atoms with Crippen molar-refractivity contribution in [3.05, 3.63) is 23.3 Å². The Labute approximate surface area is 102 Å². The van der Waals surface area contributed by atoms with E-state index in [4.69, 9.17) is 20.5 Å². The van der Waals surface area contributed by atoms with Gasteiger partial charge in [0.15, 0.2) is 11.5 Å². The fourth-order valence-electron chi connectivity index (χ4n) is 1.73. The molecule has 0 aromatic heterocycles. The van der Waals surface area contributed by atoms with Gasteiger partial charge in [0.2, 0.25) is 0 Å². The summed E-state index contributed by atoms with van der Waals surface area (Å²) in [5, 5.41) is 9.08. The van der Waals surface area contributed by atoms with Crippen molar-refractivity contribution in [3.8, 4) is 17.6 Å². The lowest BCUT2D eigenvalue weighted by Crippen LogP contribution is -2.34. The molecule has 4 nitrogen and oxygen atoms in total. The third-order valence-electron chi connectivity index (χ3n) is 2.32. The topological polar surface area (TPSA) is 68.3 Å². The minimum absolute atomic E-state index is 0.327. The number of nitriles is 1. The Balaban J connectivity index is 3.24. The van der Waals surface area contributed by atoms with Gasteiger partial charge in [0.25, 0.3) is 0 Å². The van der Waals surface area contributed by atoms with Gasteiger partial charge in [-0.05, 0) is 38.0 Å². The van der Waals surface area contributed by atoms with E-state index in [0.29, 0.717) is 23.5 Å². The van der Waals surface area contributed by atoms with E-state index in [1.54, 1.807) is 13.2 Å². The molecule has 0 radical (unpaired) electrons. The van der Waals surface area contributed by atoms with Gasteiger partial charge in [-0.3, -0.25) is 0 Å². The van der Waals surface area contributed by atoms with E-state index in [9.17, 15) is 0 Å². The monoisotopic (exact) mass is 234 g/mol. The van der Waals surface area contributed by atoms with Gasteiger partial charge in [0.05, 0.1) is 19.8 Å². The second kappa shape index (κ2) is 5.07. The highest BCUT2D eigenvalue weighted by molar-refractivity contribution is 5.55. The number of methoxy groups -OCH3 is 2. The number of benzene rings is 1. The van der Waals surface area contributed by atoms with E-state index >= 15 is 0 Å². The molecule has 1 aromatic rings. The van der Waals surface area contributed by atoms with Crippen molar-refractivity contribution < 1.29 is 9.47 Å². The van der Waals surface area contributed by atoms with Crippen molar-refractivity contribution in [2.24, 2.45) is 5.73 Å². The number of rotatable bonds is 4. The molecule has 0 amide bonds. The minimum atomic E-state index is -0.327. The van der Waals surface area contributed by atoms with Crippen molar-refractivity contribution in [1.82, 2.24) is 0 Å². The summed E-state index contributed by atoms with van der Waals surface area (Å²) in [7, 11) is 3.07. The maximum absolute atomic E-state index is 9.08. The number of nitrogens with two attached hydrogens (primary N) is 1. The summed E-state index contributed by atoms with van der Waals surface area (Å²) in [6, 6.07) is 5.74. The second-order valence-corrected chi connectivity index (χ2v) is 4.66. The molecule has 0 aliphatic carbocycles. The summed E-state index contributed by atoms with van der Waals surface area (Å²) in [5.74, 6) is 1.03. The van der Waals surface area contributed by atoms with Crippen molar-refractivity contribution in [3.63, 3.8) is 0 Å². The molecule has 17 heavy (non-hydrogen) atoms. The first-order valence-electron chi connectivity index (χ1n) is 5.35. The van der Waals surface area contributed by atoms with Crippen LogP contribution in [0.3, 0.4) is 0 Å². The molecule has 0 atom stereocenters. The Morgan fingerprint density at radius 2 is 1.94 bits per heavy atom. The van der Waals surface area contributed by atoms with Crippen molar-refractivity contribution in [1.29, 1.82) is 5.26 Å². The second-order valence-electron chi connectivity index (χ2n) is 4.66. The number of hydrogen-bond acceptors (Lipinski definition) is 4. The largest absolute Gasteiger partial charge is 0.493 e. The van der Waals surface area contributed by atoms with E-state index in [0.717, 1.165) is 5.56 Å². The molecule has 0 saturated heterocycles. The van der Waals surface area contributed by atoms with Crippen LogP contribution in [0.4, 0.5) is 0 Å². The van der Waals surface area contributed by atoms with Crippen LogP contribution in [0.25, 0.3) is 0 Å². The van der Waals surface area contributed by atoms with Crippen LogP contribution >= 0.6 is 0 Å². The van der Waals surface area contributed by atoms with Crippen LogP contribution in [0.2, 0.25) is 0 Å². The van der Waals surface area contributed by atoms with Crippen LogP contribution in [0.5, 0.6) is 11.5 Å². The Hall–Kier alpha value is -1.73. The van der Waals surface area contributed by atoms with Gasteiger partial charge in [-0.25, -0.2) is 0 Å². The lowest BCUT2D eigenvalue weighted by Gasteiger charge is -2.19. The Bertz CT molecular complexity index is 442. The first kappa shape index (κ1) is 13.3. The average Bonchev–Trinajstić information content (AvgIpc) is 2.25. The molecule has 0 aliphatic heterocycles. The lowest BCUT2D eigenvalue weighted by molar-refractivity contribution is 0.353. The van der Waals surface area contributed by atoms with Gasteiger partial charge in [-0.15, -0.1) is 0 Å². The van der Waals surface area contributed by atoms with Crippen LogP contribution in [-0.2, 0) is 6.42 Å². The van der Waals surface area contributed by atoms with E-state index < -0.39 is 0 Å². The Morgan fingerprint density at radius 1 is 1.29 bits per heavy atom. The fourth-order valence-corrected chi connectivity index (χ4v) is 1.73. The fraction of sp³-hybridized carbons (Fsp3) is 0.462. The van der Waals surface area contributed by atoms with Gasteiger partial charge >= 0.3 is 0 Å². The highest BCUT2D eigenvalue weighted by atomic mass is 16.5. The molecule has 2 N–H and O–H groups in total. The number of nitrogens with zero attached hydrogens (tertiary/aromatic N) is 1. The van der Waals surface area contributed by atoms with Gasteiger partial charge in [-0.2, -0.15) is 5.26 Å². The highest BCUT2D eigenvalue weighted by Crippen LogP contribution is 2.32. The molecule has 1 aromatic carbocycles. The molecular weight excluding hydrogens is 216 g/mol. The first-order chi connectivity index (χ1) is 7.91. The van der Waals surface area contributed by atoms with Gasteiger partial charge in [0, 0.05) is 5.54 Å². The summed E-state index contributed by atoms with van der Waals surface area (Å²) in [4.78, 5) is 0. The molecule has 0 aliphatic rings.